The van der Waals surface area contributed by atoms with Crippen LogP contribution in [0, 0.1) is 5.92 Å². The summed E-state index contributed by atoms with van der Waals surface area (Å²) in [5, 5.41) is 9.94. The number of rotatable bonds is 5. The van der Waals surface area contributed by atoms with Gasteiger partial charge in [-0.1, -0.05) is 18.2 Å². The number of aromatic hydroxyl groups is 1. The lowest BCUT2D eigenvalue weighted by molar-refractivity contribution is -0.120. The third-order valence-electron chi connectivity index (χ3n) is 3.46. The summed E-state index contributed by atoms with van der Waals surface area (Å²) in [6.45, 7) is 4.16. The van der Waals surface area contributed by atoms with Gasteiger partial charge in [0.2, 0.25) is 5.91 Å². The Hall–Kier alpha value is -1.81. The minimum atomic E-state index is -0.0720. The number of anilines is 1. The summed E-state index contributed by atoms with van der Waals surface area (Å²) in [6, 6.07) is 6.87. The second kappa shape index (κ2) is 5.89. The van der Waals surface area contributed by atoms with E-state index in [1.54, 1.807) is 36.3 Å². The quantitative estimate of drug-likeness (QED) is 0.828. The molecule has 0 saturated carbocycles. The SMILES string of the molecule is C=CC[C@H]1C[C@H](COC)N(c2ccccc2O)C1=O. The third kappa shape index (κ3) is 2.63. The normalized spacial score (nSPS) is 22.8. The molecule has 1 N–H and O–H groups in total. The number of amides is 1. The lowest BCUT2D eigenvalue weighted by atomic mass is 10.0. The fourth-order valence-corrected chi connectivity index (χ4v) is 2.63. The number of hydrogen-bond donors (Lipinski definition) is 1. The summed E-state index contributed by atoms with van der Waals surface area (Å²) < 4.78 is 5.19. The van der Waals surface area contributed by atoms with Crippen molar-refractivity contribution in [3.05, 3.63) is 36.9 Å². The maximum atomic E-state index is 12.4. The molecule has 102 valence electrons. The van der Waals surface area contributed by atoms with Crippen LogP contribution >= 0.6 is 0 Å². The lowest BCUT2D eigenvalue weighted by Crippen LogP contribution is -2.36. The zero-order chi connectivity index (χ0) is 13.8. The average Bonchev–Trinajstić information content (AvgIpc) is 2.68. The highest BCUT2D eigenvalue weighted by Gasteiger charge is 2.40. The van der Waals surface area contributed by atoms with Gasteiger partial charge in [-0.15, -0.1) is 6.58 Å². The first kappa shape index (κ1) is 13.6. The van der Waals surface area contributed by atoms with Crippen molar-refractivity contribution in [2.24, 2.45) is 5.92 Å². The molecule has 2 atom stereocenters. The molecule has 1 aromatic rings. The van der Waals surface area contributed by atoms with E-state index in [1.807, 2.05) is 6.07 Å². The van der Waals surface area contributed by atoms with E-state index in [4.69, 9.17) is 4.74 Å². The van der Waals surface area contributed by atoms with Crippen molar-refractivity contribution in [2.75, 3.05) is 18.6 Å². The molecule has 1 amide bonds. The Morgan fingerprint density at radius 1 is 1.53 bits per heavy atom. The van der Waals surface area contributed by atoms with Gasteiger partial charge in [-0.2, -0.15) is 0 Å². The standard InChI is InChI=1S/C15H19NO3/c1-3-6-11-9-12(10-19-2)16(15(11)18)13-7-4-5-8-14(13)17/h3-5,7-8,11-12,17H,1,6,9-10H2,2H3/t11-,12+/m0/s1. The van der Waals surface area contributed by atoms with Gasteiger partial charge in [0.1, 0.15) is 5.75 Å². The Balaban J connectivity index is 2.32. The van der Waals surface area contributed by atoms with E-state index < -0.39 is 0 Å². The molecule has 4 nitrogen and oxygen atoms in total. The summed E-state index contributed by atoms with van der Waals surface area (Å²) in [5.41, 5.74) is 0.557. The highest BCUT2D eigenvalue weighted by molar-refractivity contribution is 5.99. The number of methoxy groups -OCH3 is 1. The third-order valence-corrected chi connectivity index (χ3v) is 3.46. The van der Waals surface area contributed by atoms with E-state index in [1.165, 1.54) is 0 Å². The lowest BCUT2D eigenvalue weighted by Gasteiger charge is -2.25. The van der Waals surface area contributed by atoms with Crippen LogP contribution in [0.25, 0.3) is 0 Å². The molecule has 1 aliphatic rings. The van der Waals surface area contributed by atoms with Crippen LogP contribution in [0.3, 0.4) is 0 Å². The topological polar surface area (TPSA) is 49.8 Å². The van der Waals surface area contributed by atoms with Gasteiger partial charge >= 0.3 is 0 Å². The van der Waals surface area contributed by atoms with Gasteiger partial charge in [0.05, 0.1) is 18.3 Å². The van der Waals surface area contributed by atoms with E-state index in [-0.39, 0.29) is 23.6 Å². The van der Waals surface area contributed by atoms with Crippen molar-refractivity contribution in [3.8, 4) is 5.75 Å². The van der Waals surface area contributed by atoms with Crippen LogP contribution in [0.5, 0.6) is 5.75 Å². The van der Waals surface area contributed by atoms with E-state index in [2.05, 4.69) is 6.58 Å². The van der Waals surface area contributed by atoms with Crippen molar-refractivity contribution in [1.82, 2.24) is 0 Å². The smallest absolute Gasteiger partial charge is 0.230 e. The molecule has 0 spiro atoms. The number of para-hydroxylation sites is 2. The summed E-state index contributed by atoms with van der Waals surface area (Å²) >= 11 is 0. The summed E-state index contributed by atoms with van der Waals surface area (Å²) in [5.74, 6) is 0.0805. The molecular weight excluding hydrogens is 242 g/mol. The molecule has 1 aliphatic heterocycles. The number of benzene rings is 1. The number of allylic oxidation sites excluding steroid dienone is 1. The van der Waals surface area contributed by atoms with Gasteiger partial charge in [0.25, 0.3) is 0 Å². The first-order valence-corrected chi connectivity index (χ1v) is 6.40. The molecule has 0 aliphatic carbocycles. The highest BCUT2D eigenvalue weighted by atomic mass is 16.5. The monoisotopic (exact) mass is 261 g/mol. The van der Waals surface area contributed by atoms with Gasteiger partial charge in [0.15, 0.2) is 0 Å². The second-order valence-electron chi connectivity index (χ2n) is 4.76. The van der Waals surface area contributed by atoms with Gasteiger partial charge < -0.3 is 14.7 Å². The molecule has 0 radical (unpaired) electrons. The average molecular weight is 261 g/mol. The maximum Gasteiger partial charge on any atom is 0.230 e. The molecular formula is C15H19NO3. The fraction of sp³-hybridized carbons (Fsp3) is 0.400. The van der Waals surface area contributed by atoms with Crippen LogP contribution in [-0.4, -0.2) is 30.8 Å². The van der Waals surface area contributed by atoms with Crippen LogP contribution in [0.2, 0.25) is 0 Å². The number of phenolic OH excluding ortho intramolecular Hbond substituents is 1. The molecule has 0 unspecified atom stereocenters. The summed E-state index contributed by atoms with van der Waals surface area (Å²) in [4.78, 5) is 14.1. The number of ether oxygens (including phenoxy) is 1. The minimum Gasteiger partial charge on any atom is -0.506 e. The van der Waals surface area contributed by atoms with Crippen molar-refractivity contribution in [3.63, 3.8) is 0 Å². The molecule has 1 heterocycles. The Morgan fingerprint density at radius 3 is 2.89 bits per heavy atom. The molecule has 1 aromatic carbocycles. The zero-order valence-electron chi connectivity index (χ0n) is 11.1. The number of hydrogen-bond acceptors (Lipinski definition) is 3. The van der Waals surface area contributed by atoms with Crippen molar-refractivity contribution in [1.29, 1.82) is 0 Å². The Bertz CT molecular complexity index is 472. The summed E-state index contributed by atoms with van der Waals surface area (Å²) in [7, 11) is 1.62. The van der Waals surface area contributed by atoms with Crippen LogP contribution < -0.4 is 4.90 Å². The van der Waals surface area contributed by atoms with Crippen molar-refractivity contribution >= 4 is 11.6 Å². The molecule has 0 bridgehead atoms. The molecule has 0 aromatic heterocycles. The van der Waals surface area contributed by atoms with Crippen LogP contribution in [0.15, 0.2) is 36.9 Å². The Morgan fingerprint density at radius 2 is 2.26 bits per heavy atom. The summed E-state index contributed by atoms with van der Waals surface area (Å²) in [6.07, 6.45) is 3.15. The van der Waals surface area contributed by atoms with E-state index >= 15 is 0 Å². The minimum absolute atomic E-state index is 0.0310. The molecule has 19 heavy (non-hydrogen) atoms. The first-order valence-electron chi connectivity index (χ1n) is 6.40. The zero-order valence-corrected chi connectivity index (χ0v) is 11.1. The van der Waals surface area contributed by atoms with Crippen LogP contribution in [-0.2, 0) is 9.53 Å². The van der Waals surface area contributed by atoms with Crippen molar-refractivity contribution < 1.29 is 14.6 Å². The first-order chi connectivity index (χ1) is 9.19. The van der Waals surface area contributed by atoms with Gasteiger partial charge in [-0.05, 0) is 25.0 Å². The maximum absolute atomic E-state index is 12.4. The number of carbonyl (C=O) groups excluding carboxylic acids is 1. The second-order valence-corrected chi connectivity index (χ2v) is 4.76. The van der Waals surface area contributed by atoms with E-state index in [0.717, 1.165) is 6.42 Å². The molecule has 1 fully saturated rings. The highest BCUT2D eigenvalue weighted by Crippen LogP contribution is 2.36. The predicted molar refractivity (Wildman–Crippen MR) is 74.2 cm³/mol. The Kier molecular flexibility index (Phi) is 4.22. The van der Waals surface area contributed by atoms with Crippen LogP contribution in [0.1, 0.15) is 12.8 Å². The van der Waals surface area contributed by atoms with Crippen molar-refractivity contribution in [2.45, 2.75) is 18.9 Å². The number of carbonyl (C=O) groups is 1. The van der Waals surface area contributed by atoms with E-state index in [9.17, 15) is 9.90 Å². The van der Waals surface area contributed by atoms with Gasteiger partial charge in [0, 0.05) is 13.0 Å². The van der Waals surface area contributed by atoms with Gasteiger partial charge in [-0.3, -0.25) is 4.79 Å². The largest absolute Gasteiger partial charge is 0.506 e. The fourth-order valence-electron chi connectivity index (χ4n) is 2.63. The molecule has 2 rings (SSSR count). The predicted octanol–water partition coefficient (Wildman–Crippen LogP) is 2.34. The number of nitrogens with zero attached hydrogens (tertiary/aromatic N) is 1. The molecule has 4 heteroatoms. The van der Waals surface area contributed by atoms with E-state index in [0.29, 0.717) is 18.7 Å². The number of phenols is 1. The molecule has 1 saturated heterocycles. The Labute approximate surface area is 113 Å². The van der Waals surface area contributed by atoms with Crippen LogP contribution in [0.4, 0.5) is 5.69 Å². The van der Waals surface area contributed by atoms with Gasteiger partial charge in [-0.25, -0.2) is 0 Å².